The van der Waals surface area contributed by atoms with Crippen molar-refractivity contribution in [3.8, 4) is 0 Å². The van der Waals surface area contributed by atoms with E-state index in [1.165, 1.54) is 0 Å². The van der Waals surface area contributed by atoms with Gasteiger partial charge in [0.05, 0.1) is 0 Å². The van der Waals surface area contributed by atoms with E-state index in [9.17, 15) is 9.59 Å². The van der Waals surface area contributed by atoms with E-state index in [4.69, 9.17) is 16.7 Å². The molecule has 2 N–H and O–H groups in total. The van der Waals surface area contributed by atoms with Gasteiger partial charge in [-0.3, -0.25) is 9.59 Å². The highest BCUT2D eigenvalue weighted by Crippen LogP contribution is 2.11. The van der Waals surface area contributed by atoms with Gasteiger partial charge in [-0.05, 0) is 38.0 Å². The summed E-state index contributed by atoms with van der Waals surface area (Å²) in [4.78, 5) is 22.2. The van der Waals surface area contributed by atoms with Crippen LogP contribution < -0.4 is 5.32 Å². The van der Waals surface area contributed by atoms with E-state index < -0.39 is 5.97 Å². The van der Waals surface area contributed by atoms with E-state index in [2.05, 4.69) is 5.32 Å². The third-order valence-electron chi connectivity index (χ3n) is 2.49. The lowest BCUT2D eigenvalue weighted by Crippen LogP contribution is -2.32. The average Bonchev–Trinajstić information content (AvgIpc) is 2.28. The molecule has 1 aromatic rings. The SMILES string of the molecule is CC(CCCC(=O)O)NC(=O)c1cccc(Cl)c1. The lowest BCUT2D eigenvalue weighted by Gasteiger charge is -2.13. The van der Waals surface area contributed by atoms with Crippen molar-refractivity contribution in [1.29, 1.82) is 0 Å². The molecule has 0 fully saturated rings. The summed E-state index contributed by atoms with van der Waals surface area (Å²) in [5, 5.41) is 11.8. The summed E-state index contributed by atoms with van der Waals surface area (Å²) in [6.07, 6.45) is 1.31. The molecule has 18 heavy (non-hydrogen) atoms. The molecule has 0 aromatic heterocycles. The van der Waals surface area contributed by atoms with Crippen molar-refractivity contribution < 1.29 is 14.7 Å². The van der Waals surface area contributed by atoms with Gasteiger partial charge < -0.3 is 10.4 Å². The summed E-state index contributed by atoms with van der Waals surface area (Å²) in [6.45, 7) is 1.85. The predicted octanol–water partition coefficient (Wildman–Crippen LogP) is 2.71. The Morgan fingerprint density at radius 2 is 2.17 bits per heavy atom. The van der Waals surface area contributed by atoms with Gasteiger partial charge in [0.25, 0.3) is 5.91 Å². The van der Waals surface area contributed by atoms with Gasteiger partial charge in [-0.25, -0.2) is 0 Å². The van der Waals surface area contributed by atoms with Gasteiger partial charge in [0, 0.05) is 23.0 Å². The highest BCUT2D eigenvalue weighted by atomic mass is 35.5. The van der Waals surface area contributed by atoms with Crippen molar-refractivity contribution in [1.82, 2.24) is 5.32 Å². The van der Waals surface area contributed by atoms with Gasteiger partial charge in [0.2, 0.25) is 0 Å². The fourth-order valence-corrected chi connectivity index (χ4v) is 1.76. The Labute approximate surface area is 111 Å². The first kappa shape index (κ1) is 14.5. The van der Waals surface area contributed by atoms with Crippen molar-refractivity contribution >= 4 is 23.5 Å². The zero-order valence-electron chi connectivity index (χ0n) is 10.1. The maximum Gasteiger partial charge on any atom is 0.303 e. The van der Waals surface area contributed by atoms with E-state index in [-0.39, 0.29) is 18.4 Å². The van der Waals surface area contributed by atoms with Crippen LogP contribution in [0.5, 0.6) is 0 Å². The standard InChI is InChI=1S/C13H16ClNO3/c1-9(4-2-7-12(16)17)15-13(18)10-5-3-6-11(14)8-10/h3,5-6,8-9H,2,4,7H2,1H3,(H,15,18)(H,16,17). The van der Waals surface area contributed by atoms with Crippen LogP contribution in [0.3, 0.4) is 0 Å². The number of rotatable bonds is 6. The van der Waals surface area contributed by atoms with Crippen molar-refractivity contribution in [2.45, 2.75) is 32.2 Å². The molecule has 4 nitrogen and oxygen atoms in total. The van der Waals surface area contributed by atoms with Crippen LogP contribution in [0.1, 0.15) is 36.5 Å². The molecule has 1 atom stereocenters. The van der Waals surface area contributed by atoms with Crippen LogP contribution in [0.4, 0.5) is 0 Å². The van der Waals surface area contributed by atoms with Crippen LogP contribution in [0.25, 0.3) is 0 Å². The minimum absolute atomic E-state index is 0.0594. The molecule has 0 heterocycles. The van der Waals surface area contributed by atoms with Crippen molar-refractivity contribution in [3.05, 3.63) is 34.9 Å². The summed E-state index contributed by atoms with van der Waals surface area (Å²) >= 11 is 5.80. The van der Waals surface area contributed by atoms with Crippen LogP contribution in [0.15, 0.2) is 24.3 Å². The molecule has 1 amide bonds. The monoisotopic (exact) mass is 269 g/mol. The Morgan fingerprint density at radius 1 is 1.44 bits per heavy atom. The quantitative estimate of drug-likeness (QED) is 0.834. The molecule has 1 aromatic carbocycles. The third kappa shape index (κ3) is 5.19. The van der Waals surface area contributed by atoms with Crippen LogP contribution in [0.2, 0.25) is 5.02 Å². The first-order valence-electron chi connectivity index (χ1n) is 5.77. The molecule has 98 valence electrons. The molecule has 0 saturated carbocycles. The van der Waals surface area contributed by atoms with E-state index in [1.54, 1.807) is 24.3 Å². The maximum absolute atomic E-state index is 11.8. The van der Waals surface area contributed by atoms with Gasteiger partial charge in [-0.1, -0.05) is 17.7 Å². The average molecular weight is 270 g/mol. The number of hydrogen-bond donors (Lipinski definition) is 2. The Balaban J connectivity index is 2.42. The normalized spacial score (nSPS) is 11.9. The molecule has 5 heteroatoms. The number of hydrogen-bond acceptors (Lipinski definition) is 2. The molecule has 0 radical (unpaired) electrons. The number of carbonyl (C=O) groups excluding carboxylic acids is 1. The number of carbonyl (C=O) groups is 2. The van der Waals surface area contributed by atoms with Gasteiger partial charge in [0.15, 0.2) is 0 Å². The molecule has 0 bridgehead atoms. The number of carboxylic acids is 1. The molecular formula is C13H16ClNO3. The smallest absolute Gasteiger partial charge is 0.303 e. The second-order valence-corrected chi connectivity index (χ2v) is 4.61. The Hall–Kier alpha value is -1.55. The summed E-state index contributed by atoms with van der Waals surface area (Å²) in [5.41, 5.74) is 0.507. The molecule has 0 aliphatic heterocycles. The van der Waals surface area contributed by atoms with Gasteiger partial charge in [-0.15, -0.1) is 0 Å². The molecule has 0 aliphatic rings. The van der Waals surface area contributed by atoms with Gasteiger partial charge >= 0.3 is 5.97 Å². The second kappa shape index (κ2) is 7.01. The van der Waals surface area contributed by atoms with Gasteiger partial charge in [0.1, 0.15) is 0 Å². The third-order valence-corrected chi connectivity index (χ3v) is 2.73. The van der Waals surface area contributed by atoms with Crippen LogP contribution >= 0.6 is 11.6 Å². The van der Waals surface area contributed by atoms with E-state index in [0.29, 0.717) is 23.4 Å². The molecule has 0 aliphatic carbocycles. The Kier molecular flexibility index (Phi) is 5.65. The molecule has 0 saturated heterocycles. The maximum atomic E-state index is 11.8. The fraction of sp³-hybridized carbons (Fsp3) is 0.385. The molecule has 1 unspecified atom stereocenters. The van der Waals surface area contributed by atoms with Crippen LogP contribution in [-0.2, 0) is 4.79 Å². The van der Waals surface area contributed by atoms with Crippen LogP contribution in [0, 0.1) is 0 Å². The second-order valence-electron chi connectivity index (χ2n) is 4.17. The largest absolute Gasteiger partial charge is 0.481 e. The first-order chi connectivity index (χ1) is 8.49. The zero-order chi connectivity index (χ0) is 13.5. The Bertz CT molecular complexity index is 434. The molecule has 0 spiro atoms. The highest BCUT2D eigenvalue weighted by Gasteiger charge is 2.10. The van der Waals surface area contributed by atoms with Crippen molar-refractivity contribution in [2.75, 3.05) is 0 Å². The number of benzene rings is 1. The number of nitrogens with one attached hydrogen (secondary N) is 1. The highest BCUT2D eigenvalue weighted by molar-refractivity contribution is 6.30. The molecule has 1 rings (SSSR count). The summed E-state index contributed by atoms with van der Waals surface area (Å²) in [6, 6.07) is 6.64. The summed E-state index contributed by atoms with van der Waals surface area (Å²) in [5.74, 6) is -1.01. The summed E-state index contributed by atoms with van der Waals surface area (Å²) in [7, 11) is 0. The topological polar surface area (TPSA) is 66.4 Å². The zero-order valence-corrected chi connectivity index (χ0v) is 10.9. The molecular weight excluding hydrogens is 254 g/mol. The first-order valence-corrected chi connectivity index (χ1v) is 6.15. The lowest BCUT2D eigenvalue weighted by atomic mass is 10.1. The van der Waals surface area contributed by atoms with Crippen molar-refractivity contribution in [3.63, 3.8) is 0 Å². The summed E-state index contributed by atoms with van der Waals surface area (Å²) < 4.78 is 0. The van der Waals surface area contributed by atoms with Gasteiger partial charge in [-0.2, -0.15) is 0 Å². The van der Waals surface area contributed by atoms with E-state index in [1.807, 2.05) is 6.92 Å². The number of carboxylic acid groups (broad SMARTS) is 1. The number of halogens is 1. The number of amides is 1. The Morgan fingerprint density at radius 3 is 2.78 bits per heavy atom. The van der Waals surface area contributed by atoms with E-state index in [0.717, 1.165) is 0 Å². The number of aliphatic carboxylic acids is 1. The minimum atomic E-state index is -0.816. The van der Waals surface area contributed by atoms with Crippen LogP contribution in [-0.4, -0.2) is 23.0 Å². The predicted molar refractivity (Wildman–Crippen MR) is 69.9 cm³/mol. The minimum Gasteiger partial charge on any atom is -0.481 e. The van der Waals surface area contributed by atoms with E-state index >= 15 is 0 Å². The fourth-order valence-electron chi connectivity index (χ4n) is 1.57. The lowest BCUT2D eigenvalue weighted by molar-refractivity contribution is -0.137. The van der Waals surface area contributed by atoms with Crippen molar-refractivity contribution in [2.24, 2.45) is 0 Å².